The van der Waals surface area contributed by atoms with Crippen LogP contribution in [0.1, 0.15) is 38.4 Å². The third kappa shape index (κ3) is 4.99. The minimum Gasteiger partial charge on any atom is -0.460 e. The van der Waals surface area contributed by atoms with Gasteiger partial charge in [-0.05, 0) is 62.9 Å². The van der Waals surface area contributed by atoms with Crippen LogP contribution in [-0.4, -0.2) is 16.6 Å². The second kappa shape index (κ2) is 6.73. The zero-order chi connectivity index (χ0) is 16.2. The van der Waals surface area contributed by atoms with Crippen molar-refractivity contribution in [3.8, 4) is 11.1 Å². The summed E-state index contributed by atoms with van der Waals surface area (Å²) >= 11 is 0. The Morgan fingerprint density at radius 1 is 1.09 bits per heavy atom. The highest BCUT2D eigenvalue weighted by Crippen LogP contribution is 2.20. The van der Waals surface area contributed by atoms with E-state index in [2.05, 4.69) is 35.3 Å². The molecular weight excluding hydrogens is 274 g/mol. The molecule has 0 bridgehead atoms. The molecule has 1 aromatic carbocycles. The van der Waals surface area contributed by atoms with Gasteiger partial charge in [0.05, 0.1) is 0 Å². The lowest BCUT2D eigenvalue weighted by atomic mass is 10.0. The quantitative estimate of drug-likeness (QED) is 0.788. The average molecular weight is 297 g/mol. The fraction of sp³-hybridized carbons (Fsp3) is 0.368. The van der Waals surface area contributed by atoms with Gasteiger partial charge in [-0.3, -0.25) is 9.78 Å². The second-order valence-electron chi connectivity index (χ2n) is 6.47. The maximum atomic E-state index is 11.7. The fourth-order valence-corrected chi connectivity index (χ4v) is 2.23. The van der Waals surface area contributed by atoms with Gasteiger partial charge in [-0.1, -0.05) is 24.3 Å². The normalized spacial score (nSPS) is 11.3. The van der Waals surface area contributed by atoms with Gasteiger partial charge in [-0.15, -0.1) is 0 Å². The van der Waals surface area contributed by atoms with Crippen molar-refractivity contribution in [3.05, 3.63) is 53.9 Å². The van der Waals surface area contributed by atoms with Crippen LogP contribution >= 0.6 is 0 Å². The van der Waals surface area contributed by atoms with E-state index in [1.54, 1.807) is 0 Å². The molecule has 0 aliphatic carbocycles. The maximum Gasteiger partial charge on any atom is 0.306 e. The highest BCUT2D eigenvalue weighted by atomic mass is 16.6. The monoisotopic (exact) mass is 297 g/mol. The van der Waals surface area contributed by atoms with Crippen LogP contribution in [0.2, 0.25) is 0 Å². The fourth-order valence-electron chi connectivity index (χ4n) is 2.23. The lowest BCUT2D eigenvalue weighted by Crippen LogP contribution is -2.23. The first-order valence-electron chi connectivity index (χ1n) is 7.57. The molecule has 0 atom stereocenters. The summed E-state index contributed by atoms with van der Waals surface area (Å²) in [6.45, 7) is 7.64. The van der Waals surface area contributed by atoms with Crippen LogP contribution in [0.3, 0.4) is 0 Å². The van der Waals surface area contributed by atoms with E-state index in [9.17, 15) is 4.79 Å². The second-order valence-corrected chi connectivity index (χ2v) is 6.47. The van der Waals surface area contributed by atoms with Crippen molar-refractivity contribution in [1.82, 2.24) is 4.98 Å². The summed E-state index contributed by atoms with van der Waals surface area (Å²) in [5, 5.41) is 0. The molecule has 0 aliphatic heterocycles. The molecule has 0 saturated carbocycles. The molecule has 0 N–H and O–H groups in total. The van der Waals surface area contributed by atoms with Crippen molar-refractivity contribution >= 4 is 5.97 Å². The summed E-state index contributed by atoms with van der Waals surface area (Å²) in [7, 11) is 0. The van der Waals surface area contributed by atoms with Gasteiger partial charge in [-0.2, -0.15) is 0 Å². The van der Waals surface area contributed by atoms with Crippen molar-refractivity contribution in [1.29, 1.82) is 0 Å². The molecular formula is C19H23NO2. The predicted octanol–water partition coefficient (Wildman–Crippen LogP) is 4.33. The number of aryl methyl sites for hydroxylation is 2. The Kier molecular flexibility index (Phi) is 4.96. The van der Waals surface area contributed by atoms with E-state index in [0.29, 0.717) is 12.8 Å². The Morgan fingerprint density at radius 2 is 1.77 bits per heavy atom. The standard InChI is InChI=1S/C19H23NO2/c1-14-13-17(11-12-20-14)16-8-5-15(6-9-16)7-10-18(21)22-19(2,3)4/h5-6,8-9,11-13H,7,10H2,1-4H3. The van der Waals surface area contributed by atoms with E-state index < -0.39 is 5.60 Å². The van der Waals surface area contributed by atoms with Crippen LogP contribution in [0.15, 0.2) is 42.6 Å². The first kappa shape index (κ1) is 16.2. The molecule has 22 heavy (non-hydrogen) atoms. The first-order valence-corrected chi connectivity index (χ1v) is 7.57. The number of aromatic nitrogens is 1. The molecule has 0 spiro atoms. The maximum absolute atomic E-state index is 11.7. The van der Waals surface area contributed by atoms with Gasteiger partial charge >= 0.3 is 5.97 Å². The number of nitrogens with zero attached hydrogens (tertiary/aromatic N) is 1. The van der Waals surface area contributed by atoms with Crippen molar-refractivity contribution in [3.63, 3.8) is 0 Å². The Morgan fingerprint density at radius 3 is 2.36 bits per heavy atom. The first-order chi connectivity index (χ1) is 10.3. The van der Waals surface area contributed by atoms with Crippen LogP contribution in [0, 0.1) is 6.92 Å². The summed E-state index contributed by atoms with van der Waals surface area (Å²) in [6, 6.07) is 12.4. The molecule has 0 aliphatic rings. The summed E-state index contributed by atoms with van der Waals surface area (Å²) < 4.78 is 5.32. The summed E-state index contributed by atoms with van der Waals surface area (Å²) in [4.78, 5) is 15.9. The lowest BCUT2D eigenvalue weighted by Gasteiger charge is -2.19. The van der Waals surface area contributed by atoms with E-state index >= 15 is 0 Å². The van der Waals surface area contributed by atoms with Gasteiger partial charge < -0.3 is 4.74 Å². The topological polar surface area (TPSA) is 39.2 Å². The van der Waals surface area contributed by atoms with Gasteiger partial charge in [0.15, 0.2) is 0 Å². The minimum absolute atomic E-state index is 0.152. The number of rotatable bonds is 4. The molecule has 0 amide bonds. The zero-order valence-corrected chi connectivity index (χ0v) is 13.7. The Balaban J connectivity index is 1.96. The van der Waals surface area contributed by atoms with E-state index in [-0.39, 0.29) is 5.97 Å². The minimum atomic E-state index is -0.417. The van der Waals surface area contributed by atoms with Gasteiger partial charge in [0.2, 0.25) is 0 Å². The third-order valence-electron chi connectivity index (χ3n) is 3.22. The molecule has 1 aromatic heterocycles. The van der Waals surface area contributed by atoms with Crippen LogP contribution < -0.4 is 0 Å². The Bertz CT molecular complexity index is 639. The van der Waals surface area contributed by atoms with Crippen LogP contribution in [-0.2, 0) is 16.0 Å². The van der Waals surface area contributed by atoms with Crippen LogP contribution in [0.4, 0.5) is 0 Å². The number of hydrogen-bond acceptors (Lipinski definition) is 3. The van der Waals surface area contributed by atoms with E-state index in [0.717, 1.165) is 22.4 Å². The van der Waals surface area contributed by atoms with Gasteiger partial charge in [0.25, 0.3) is 0 Å². The van der Waals surface area contributed by atoms with E-state index in [4.69, 9.17) is 4.74 Å². The van der Waals surface area contributed by atoms with Gasteiger partial charge in [0.1, 0.15) is 5.60 Å². The van der Waals surface area contributed by atoms with Crippen LogP contribution in [0.5, 0.6) is 0 Å². The van der Waals surface area contributed by atoms with E-state index in [1.165, 1.54) is 0 Å². The molecule has 0 unspecified atom stereocenters. The predicted molar refractivity (Wildman–Crippen MR) is 88.6 cm³/mol. The molecule has 0 saturated heterocycles. The number of hydrogen-bond donors (Lipinski definition) is 0. The highest BCUT2D eigenvalue weighted by Gasteiger charge is 2.15. The molecule has 2 rings (SSSR count). The van der Waals surface area contributed by atoms with E-state index in [1.807, 2.05) is 40.0 Å². The highest BCUT2D eigenvalue weighted by molar-refractivity contribution is 5.70. The molecule has 116 valence electrons. The van der Waals surface area contributed by atoms with Crippen molar-refractivity contribution in [2.45, 2.75) is 46.1 Å². The molecule has 2 aromatic rings. The molecule has 0 radical (unpaired) electrons. The molecule has 1 heterocycles. The number of pyridine rings is 1. The SMILES string of the molecule is Cc1cc(-c2ccc(CCC(=O)OC(C)(C)C)cc2)ccn1. The number of carbonyl (C=O) groups is 1. The number of carbonyl (C=O) groups excluding carboxylic acids is 1. The van der Waals surface area contributed by atoms with Crippen molar-refractivity contribution in [2.24, 2.45) is 0 Å². The van der Waals surface area contributed by atoms with Crippen molar-refractivity contribution < 1.29 is 9.53 Å². The van der Waals surface area contributed by atoms with Gasteiger partial charge in [0, 0.05) is 18.3 Å². The zero-order valence-electron chi connectivity index (χ0n) is 13.7. The average Bonchev–Trinajstić information content (AvgIpc) is 2.44. The molecule has 3 heteroatoms. The lowest BCUT2D eigenvalue weighted by molar-refractivity contribution is -0.154. The van der Waals surface area contributed by atoms with Gasteiger partial charge in [-0.25, -0.2) is 0 Å². The molecule has 0 fully saturated rings. The summed E-state index contributed by atoms with van der Waals surface area (Å²) in [5.41, 5.74) is 4.05. The Hall–Kier alpha value is -2.16. The molecule has 3 nitrogen and oxygen atoms in total. The Labute approximate surface area is 132 Å². The van der Waals surface area contributed by atoms with Crippen LogP contribution in [0.25, 0.3) is 11.1 Å². The smallest absolute Gasteiger partial charge is 0.306 e. The number of esters is 1. The largest absolute Gasteiger partial charge is 0.460 e. The van der Waals surface area contributed by atoms with Crippen molar-refractivity contribution in [2.75, 3.05) is 0 Å². The number of ether oxygens (including phenoxy) is 1. The summed E-state index contributed by atoms with van der Waals surface area (Å²) in [5.74, 6) is -0.152. The summed E-state index contributed by atoms with van der Waals surface area (Å²) in [6.07, 6.45) is 2.93. The number of benzene rings is 1. The third-order valence-corrected chi connectivity index (χ3v) is 3.22.